The Morgan fingerprint density at radius 3 is 2.65 bits per heavy atom. The van der Waals surface area contributed by atoms with E-state index in [1.165, 1.54) is 10.9 Å². The first-order valence-electron chi connectivity index (χ1n) is 5.82. The van der Waals surface area contributed by atoms with Crippen LogP contribution in [0.25, 0.3) is 0 Å². The topological polar surface area (TPSA) is 166 Å². The quantitative estimate of drug-likeness (QED) is 0.411. The minimum atomic E-state index is -1.24. The van der Waals surface area contributed by atoms with Crippen LogP contribution in [0.5, 0.6) is 0 Å². The van der Waals surface area contributed by atoms with Crippen molar-refractivity contribution in [2.75, 3.05) is 0 Å². The molecule has 2 amide bonds. The van der Waals surface area contributed by atoms with Crippen molar-refractivity contribution >= 4 is 17.8 Å². The van der Waals surface area contributed by atoms with E-state index in [2.05, 4.69) is 15.6 Å². The maximum atomic E-state index is 11.7. The number of aliphatic carboxylic acids is 1. The fourth-order valence-corrected chi connectivity index (χ4v) is 1.44. The lowest BCUT2D eigenvalue weighted by molar-refractivity contribution is -0.142. The fraction of sp³-hybridized carbons (Fsp3) is 0.500. The molecular formula is C10H16N6O4. The van der Waals surface area contributed by atoms with Crippen molar-refractivity contribution in [1.82, 2.24) is 20.3 Å². The van der Waals surface area contributed by atoms with Gasteiger partial charge in [0, 0.05) is 13.0 Å². The van der Waals surface area contributed by atoms with Gasteiger partial charge in [0.1, 0.15) is 12.6 Å². The van der Waals surface area contributed by atoms with Crippen LogP contribution >= 0.6 is 0 Å². The van der Waals surface area contributed by atoms with Crippen molar-refractivity contribution in [2.24, 2.45) is 11.5 Å². The summed E-state index contributed by atoms with van der Waals surface area (Å²) in [6.45, 7) is 0.00529. The summed E-state index contributed by atoms with van der Waals surface area (Å²) in [5, 5.41) is 18.6. The van der Waals surface area contributed by atoms with E-state index in [-0.39, 0.29) is 25.9 Å². The number of nitrogens with two attached hydrogens (primary N) is 2. The number of nitrogens with zero attached hydrogens (tertiary/aromatic N) is 3. The molecule has 1 rings (SSSR count). The number of carboxylic acids is 1. The number of carboxylic acid groups (broad SMARTS) is 1. The van der Waals surface area contributed by atoms with Gasteiger partial charge in [0.2, 0.25) is 11.8 Å². The Morgan fingerprint density at radius 2 is 2.15 bits per heavy atom. The Morgan fingerprint density at radius 1 is 1.45 bits per heavy atom. The normalized spacial score (nSPS) is 11.8. The Kier molecular flexibility index (Phi) is 5.59. The molecule has 1 unspecified atom stereocenters. The number of amides is 2. The number of hydrogen-bond acceptors (Lipinski definition) is 6. The Labute approximate surface area is 114 Å². The number of primary amides is 1. The molecule has 1 atom stereocenters. The summed E-state index contributed by atoms with van der Waals surface area (Å²) >= 11 is 0. The molecule has 0 saturated carbocycles. The van der Waals surface area contributed by atoms with Gasteiger partial charge in [-0.15, -0.1) is 5.10 Å². The van der Waals surface area contributed by atoms with E-state index >= 15 is 0 Å². The number of hydrogen-bond donors (Lipinski definition) is 4. The number of aromatic nitrogens is 3. The van der Waals surface area contributed by atoms with Crippen LogP contribution in [0.2, 0.25) is 0 Å². The van der Waals surface area contributed by atoms with E-state index < -0.39 is 23.8 Å². The van der Waals surface area contributed by atoms with E-state index in [1.54, 1.807) is 0 Å². The van der Waals surface area contributed by atoms with Gasteiger partial charge in [-0.1, -0.05) is 5.21 Å². The van der Waals surface area contributed by atoms with Gasteiger partial charge in [-0.25, -0.2) is 9.48 Å². The Balaban J connectivity index is 2.52. The summed E-state index contributed by atoms with van der Waals surface area (Å²) in [5.41, 5.74) is 10.8. The summed E-state index contributed by atoms with van der Waals surface area (Å²) in [4.78, 5) is 33.2. The van der Waals surface area contributed by atoms with Gasteiger partial charge >= 0.3 is 5.97 Å². The van der Waals surface area contributed by atoms with Crippen molar-refractivity contribution < 1.29 is 19.5 Å². The van der Waals surface area contributed by atoms with Crippen molar-refractivity contribution in [1.29, 1.82) is 0 Å². The van der Waals surface area contributed by atoms with Crippen molar-refractivity contribution in [3.05, 3.63) is 11.9 Å². The average Bonchev–Trinajstić information content (AvgIpc) is 2.81. The zero-order chi connectivity index (χ0) is 15.1. The van der Waals surface area contributed by atoms with Crippen LogP contribution in [0, 0.1) is 0 Å². The second-order valence-corrected chi connectivity index (χ2v) is 4.07. The van der Waals surface area contributed by atoms with Crippen molar-refractivity contribution in [3.8, 4) is 0 Å². The van der Waals surface area contributed by atoms with E-state index in [0.29, 0.717) is 5.69 Å². The molecule has 20 heavy (non-hydrogen) atoms. The second kappa shape index (κ2) is 7.19. The third kappa shape index (κ3) is 5.02. The lowest BCUT2D eigenvalue weighted by Gasteiger charge is -2.13. The molecule has 0 radical (unpaired) electrons. The molecular weight excluding hydrogens is 268 g/mol. The van der Waals surface area contributed by atoms with Crippen LogP contribution in [0.1, 0.15) is 18.5 Å². The number of carbonyl (C=O) groups excluding carboxylic acids is 2. The third-order valence-electron chi connectivity index (χ3n) is 2.41. The molecule has 0 bridgehead atoms. The first-order chi connectivity index (χ1) is 9.42. The highest BCUT2D eigenvalue weighted by Gasteiger charge is 2.20. The molecule has 1 aromatic rings. The van der Waals surface area contributed by atoms with Crippen LogP contribution < -0.4 is 16.8 Å². The SMILES string of the molecule is NCc1cn(CC(=O)NC(CCC(N)=O)C(=O)O)nn1. The number of rotatable bonds is 8. The van der Waals surface area contributed by atoms with Crippen LogP contribution in [-0.4, -0.2) is 43.9 Å². The minimum absolute atomic E-state index is 0.0676. The third-order valence-corrected chi connectivity index (χ3v) is 2.41. The first kappa shape index (κ1) is 15.6. The van der Waals surface area contributed by atoms with E-state index in [0.717, 1.165) is 0 Å². The molecule has 0 saturated heterocycles. The van der Waals surface area contributed by atoms with Gasteiger partial charge < -0.3 is 21.9 Å². The van der Waals surface area contributed by atoms with Crippen LogP contribution in [-0.2, 0) is 27.5 Å². The van der Waals surface area contributed by atoms with Gasteiger partial charge in [0.15, 0.2) is 0 Å². The molecule has 0 fully saturated rings. The number of nitrogens with one attached hydrogen (secondary N) is 1. The van der Waals surface area contributed by atoms with Gasteiger partial charge in [-0.2, -0.15) is 0 Å². The fourth-order valence-electron chi connectivity index (χ4n) is 1.44. The molecule has 0 aliphatic heterocycles. The van der Waals surface area contributed by atoms with E-state index in [9.17, 15) is 14.4 Å². The summed E-state index contributed by atoms with van der Waals surface area (Å²) in [6, 6.07) is -1.17. The smallest absolute Gasteiger partial charge is 0.326 e. The van der Waals surface area contributed by atoms with Gasteiger partial charge in [-0.3, -0.25) is 9.59 Å². The summed E-state index contributed by atoms with van der Waals surface area (Å²) in [6.07, 6.45) is 1.29. The molecule has 10 heteroatoms. The molecule has 0 spiro atoms. The van der Waals surface area contributed by atoms with Gasteiger partial charge in [0.05, 0.1) is 11.9 Å². The monoisotopic (exact) mass is 284 g/mol. The zero-order valence-electron chi connectivity index (χ0n) is 10.7. The van der Waals surface area contributed by atoms with Crippen LogP contribution in [0.15, 0.2) is 6.20 Å². The Hall–Kier alpha value is -2.49. The van der Waals surface area contributed by atoms with Crippen molar-refractivity contribution in [2.45, 2.75) is 32.0 Å². The molecule has 1 aromatic heterocycles. The minimum Gasteiger partial charge on any atom is -0.480 e. The highest BCUT2D eigenvalue weighted by molar-refractivity contribution is 5.84. The molecule has 0 aliphatic rings. The molecule has 0 aliphatic carbocycles. The molecule has 0 aromatic carbocycles. The molecule has 10 nitrogen and oxygen atoms in total. The van der Waals surface area contributed by atoms with Gasteiger partial charge in [0.25, 0.3) is 0 Å². The maximum Gasteiger partial charge on any atom is 0.326 e. The maximum absolute atomic E-state index is 11.7. The standard InChI is InChI=1S/C10H16N6O4/c11-3-6-4-16(15-14-6)5-9(18)13-7(10(19)20)1-2-8(12)17/h4,7H,1-3,5,11H2,(H2,12,17)(H,13,18)(H,19,20). The van der Waals surface area contributed by atoms with Gasteiger partial charge in [-0.05, 0) is 6.42 Å². The van der Waals surface area contributed by atoms with Crippen molar-refractivity contribution in [3.63, 3.8) is 0 Å². The predicted octanol–water partition coefficient (Wildman–Crippen LogP) is -2.43. The van der Waals surface area contributed by atoms with Crippen LogP contribution in [0.3, 0.4) is 0 Å². The summed E-state index contributed by atoms with van der Waals surface area (Å²) in [7, 11) is 0. The average molecular weight is 284 g/mol. The summed E-state index contributed by atoms with van der Waals surface area (Å²) < 4.78 is 1.24. The number of carbonyl (C=O) groups is 3. The second-order valence-electron chi connectivity index (χ2n) is 4.07. The molecule has 6 N–H and O–H groups in total. The Bertz CT molecular complexity index is 500. The lowest BCUT2D eigenvalue weighted by atomic mass is 10.1. The zero-order valence-corrected chi connectivity index (χ0v) is 10.7. The lowest BCUT2D eigenvalue weighted by Crippen LogP contribution is -2.42. The molecule has 1 heterocycles. The highest BCUT2D eigenvalue weighted by Crippen LogP contribution is 1.98. The largest absolute Gasteiger partial charge is 0.480 e. The summed E-state index contributed by atoms with van der Waals surface area (Å²) in [5.74, 6) is -2.43. The first-order valence-corrected chi connectivity index (χ1v) is 5.82. The highest BCUT2D eigenvalue weighted by atomic mass is 16.4. The predicted molar refractivity (Wildman–Crippen MR) is 65.9 cm³/mol. The van der Waals surface area contributed by atoms with E-state index in [4.69, 9.17) is 16.6 Å². The van der Waals surface area contributed by atoms with E-state index in [1.807, 2.05) is 0 Å². The van der Waals surface area contributed by atoms with Crippen LogP contribution in [0.4, 0.5) is 0 Å². The molecule has 110 valence electrons.